The molecule has 1 aliphatic rings. The molecule has 104 valence electrons. The van der Waals surface area contributed by atoms with Gasteiger partial charge in [-0.2, -0.15) is 0 Å². The lowest BCUT2D eigenvalue weighted by Crippen LogP contribution is -2.30. The number of phenols is 2. The van der Waals surface area contributed by atoms with E-state index in [1.165, 1.54) is 0 Å². The summed E-state index contributed by atoms with van der Waals surface area (Å²) in [6.45, 7) is 2.97. The smallest absolute Gasteiger partial charge is 0.305 e. The fourth-order valence-corrected chi connectivity index (χ4v) is 2.42. The highest BCUT2D eigenvalue weighted by Crippen LogP contribution is 2.35. The molecule has 2 rings (SSSR count). The van der Waals surface area contributed by atoms with Crippen LogP contribution in [-0.4, -0.2) is 29.3 Å². The van der Waals surface area contributed by atoms with Crippen molar-refractivity contribution in [2.75, 3.05) is 13.2 Å². The maximum Gasteiger partial charge on any atom is 0.305 e. The number of rotatable bonds is 4. The molecule has 0 saturated carbocycles. The summed E-state index contributed by atoms with van der Waals surface area (Å²) in [6, 6.07) is 3.19. The highest BCUT2D eigenvalue weighted by atomic mass is 16.5. The highest BCUT2D eigenvalue weighted by molar-refractivity contribution is 5.69. The van der Waals surface area contributed by atoms with Crippen molar-refractivity contribution in [2.45, 2.75) is 32.2 Å². The number of ether oxygens (including phenoxy) is 1. The van der Waals surface area contributed by atoms with Gasteiger partial charge in [-0.05, 0) is 49.6 Å². The molecule has 1 aromatic rings. The van der Waals surface area contributed by atoms with Crippen LogP contribution < -0.4 is 5.32 Å². The van der Waals surface area contributed by atoms with Crippen LogP contribution in [0.5, 0.6) is 11.5 Å². The second kappa shape index (κ2) is 5.93. The molecule has 0 unspecified atom stereocenters. The third-order valence-electron chi connectivity index (χ3n) is 3.34. The maximum atomic E-state index is 11.4. The number of hydrogen-bond acceptors (Lipinski definition) is 5. The fraction of sp³-hybridized carbons (Fsp3) is 0.500. The molecule has 1 aromatic carbocycles. The van der Waals surface area contributed by atoms with Gasteiger partial charge in [0, 0.05) is 12.5 Å². The van der Waals surface area contributed by atoms with Crippen LogP contribution in [0.15, 0.2) is 12.1 Å². The minimum Gasteiger partial charge on any atom is -0.504 e. The van der Waals surface area contributed by atoms with E-state index in [-0.39, 0.29) is 23.5 Å². The van der Waals surface area contributed by atoms with Gasteiger partial charge in [-0.3, -0.25) is 4.79 Å². The summed E-state index contributed by atoms with van der Waals surface area (Å²) in [4.78, 5) is 11.4. The Hall–Kier alpha value is -1.75. The molecule has 3 N–H and O–H groups in total. The van der Waals surface area contributed by atoms with Gasteiger partial charge in [0.2, 0.25) is 0 Å². The third kappa shape index (κ3) is 3.17. The van der Waals surface area contributed by atoms with Crippen LogP contribution >= 0.6 is 0 Å². The van der Waals surface area contributed by atoms with Crippen LogP contribution in [0, 0.1) is 0 Å². The molecule has 0 radical (unpaired) electrons. The summed E-state index contributed by atoms with van der Waals surface area (Å²) in [5, 5.41) is 22.4. The number of nitrogens with one attached hydrogen (secondary N) is 1. The van der Waals surface area contributed by atoms with Gasteiger partial charge in [-0.1, -0.05) is 0 Å². The predicted molar refractivity (Wildman–Crippen MR) is 70.1 cm³/mol. The number of benzene rings is 1. The number of carbonyl (C=O) groups is 1. The first-order valence-corrected chi connectivity index (χ1v) is 6.55. The number of aromatic hydroxyl groups is 2. The summed E-state index contributed by atoms with van der Waals surface area (Å²) in [7, 11) is 0. The molecule has 5 heteroatoms. The summed E-state index contributed by atoms with van der Waals surface area (Å²) in [5.74, 6) is -0.423. The van der Waals surface area contributed by atoms with Gasteiger partial charge in [-0.25, -0.2) is 0 Å². The first-order valence-electron chi connectivity index (χ1n) is 6.55. The normalized spacial score (nSPS) is 17.8. The quantitative estimate of drug-likeness (QED) is 0.569. The van der Waals surface area contributed by atoms with Crippen molar-refractivity contribution in [3.05, 3.63) is 23.3 Å². The van der Waals surface area contributed by atoms with E-state index in [4.69, 9.17) is 4.74 Å². The Bertz CT molecular complexity index is 473. The number of fused-ring (bicyclic) bond motifs is 1. The zero-order valence-electron chi connectivity index (χ0n) is 11.0. The lowest BCUT2D eigenvalue weighted by atomic mass is 9.91. The second-order valence-electron chi connectivity index (χ2n) is 4.64. The van der Waals surface area contributed by atoms with E-state index in [1.807, 2.05) is 0 Å². The van der Waals surface area contributed by atoms with Gasteiger partial charge >= 0.3 is 5.97 Å². The van der Waals surface area contributed by atoms with Gasteiger partial charge in [0.05, 0.1) is 6.61 Å². The predicted octanol–water partition coefficient (Wildman–Crippen LogP) is 1.63. The summed E-state index contributed by atoms with van der Waals surface area (Å²) < 4.78 is 4.91. The number of esters is 1. The number of phenolic OH excluding ortho intramolecular Hbond substituents is 2. The lowest BCUT2D eigenvalue weighted by molar-refractivity contribution is -0.143. The first-order chi connectivity index (χ1) is 9.11. The summed E-state index contributed by atoms with van der Waals surface area (Å²) in [5.41, 5.74) is 1.97. The molecule has 1 heterocycles. The lowest BCUT2D eigenvalue weighted by Gasteiger charge is -2.27. The van der Waals surface area contributed by atoms with Crippen LogP contribution in [0.3, 0.4) is 0 Å². The van der Waals surface area contributed by atoms with Crippen molar-refractivity contribution in [1.82, 2.24) is 5.32 Å². The molecule has 0 saturated heterocycles. The second-order valence-corrected chi connectivity index (χ2v) is 4.64. The van der Waals surface area contributed by atoms with Crippen molar-refractivity contribution in [1.29, 1.82) is 0 Å². The maximum absolute atomic E-state index is 11.4. The third-order valence-corrected chi connectivity index (χ3v) is 3.34. The van der Waals surface area contributed by atoms with E-state index >= 15 is 0 Å². The van der Waals surface area contributed by atoms with Gasteiger partial charge < -0.3 is 20.3 Å². The zero-order valence-corrected chi connectivity index (χ0v) is 11.0. The van der Waals surface area contributed by atoms with E-state index in [2.05, 4.69) is 5.32 Å². The largest absolute Gasteiger partial charge is 0.504 e. The minimum atomic E-state index is -0.209. The zero-order chi connectivity index (χ0) is 13.8. The molecule has 0 amide bonds. The molecular formula is C14H19NO4. The van der Waals surface area contributed by atoms with Gasteiger partial charge in [0.1, 0.15) is 0 Å². The topological polar surface area (TPSA) is 78.8 Å². The minimum absolute atomic E-state index is 0.0136. The Balaban J connectivity index is 2.09. The van der Waals surface area contributed by atoms with Gasteiger partial charge in [0.15, 0.2) is 11.5 Å². The molecule has 1 aliphatic heterocycles. The van der Waals surface area contributed by atoms with Gasteiger partial charge in [-0.15, -0.1) is 0 Å². The fourth-order valence-electron chi connectivity index (χ4n) is 2.42. The molecule has 5 nitrogen and oxygen atoms in total. The Morgan fingerprint density at radius 3 is 2.89 bits per heavy atom. The Morgan fingerprint density at radius 2 is 2.16 bits per heavy atom. The van der Waals surface area contributed by atoms with E-state index in [1.54, 1.807) is 19.1 Å². The van der Waals surface area contributed by atoms with Crippen LogP contribution in [0.4, 0.5) is 0 Å². The molecule has 19 heavy (non-hydrogen) atoms. The molecule has 0 aliphatic carbocycles. The van der Waals surface area contributed by atoms with Gasteiger partial charge in [0.25, 0.3) is 0 Å². The summed E-state index contributed by atoms with van der Waals surface area (Å²) >= 11 is 0. The van der Waals surface area contributed by atoms with E-state index in [9.17, 15) is 15.0 Å². The van der Waals surface area contributed by atoms with Crippen molar-refractivity contribution in [3.8, 4) is 11.5 Å². The number of hydrogen-bond donors (Lipinski definition) is 3. The average Bonchev–Trinajstić information content (AvgIpc) is 2.38. The molecule has 0 aromatic heterocycles. The van der Waals surface area contributed by atoms with Crippen molar-refractivity contribution >= 4 is 5.97 Å². The van der Waals surface area contributed by atoms with Crippen LogP contribution in [-0.2, 0) is 16.0 Å². The van der Waals surface area contributed by atoms with E-state index in [0.717, 1.165) is 24.1 Å². The Labute approximate surface area is 112 Å². The van der Waals surface area contributed by atoms with Crippen LogP contribution in [0.1, 0.15) is 36.9 Å². The van der Waals surface area contributed by atoms with Crippen LogP contribution in [0.2, 0.25) is 0 Å². The van der Waals surface area contributed by atoms with Crippen molar-refractivity contribution in [3.63, 3.8) is 0 Å². The average molecular weight is 265 g/mol. The van der Waals surface area contributed by atoms with Crippen molar-refractivity contribution < 1.29 is 19.7 Å². The Kier molecular flexibility index (Phi) is 4.27. The number of carbonyl (C=O) groups excluding carboxylic acids is 1. The molecule has 0 fully saturated rings. The Morgan fingerprint density at radius 1 is 1.42 bits per heavy atom. The first kappa shape index (κ1) is 13.7. The van der Waals surface area contributed by atoms with E-state index in [0.29, 0.717) is 19.4 Å². The molecule has 1 atom stereocenters. The molecular weight excluding hydrogens is 246 g/mol. The van der Waals surface area contributed by atoms with E-state index < -0.39 is 0 Å². The summed E-state index contributed by atoms with van der Waals surface area (Å²) in [6.07, 6.45) is 1.77. The molecule has 0 spiro atoms. The van der Waals surface area contributed by atoms with Crippen molar-refractivity contribution in [2.24, 2.45) is 0 Å². The molecule has 0 bridgehead atoms. The highest BCUT2D eigenvalue weighted by Gasteiger charge is 2.22. The monoisotopic (exact) mass is 265 g/mol. The van der Waals surface area contributed by atoms with Crippen LogP contribution in [0.25, 0.3) is 0 Å². The standard InChI is InChI=1S/C14H19NO4/c1-2-19-14(18)4-3-11-10-8-13(17)12(16)7-9(10)5-6-15-11/h7-8,11,15-17H,2-6H2,1H3/t11-/m0/s1. The SMILES string of the molecule is CCOC(=O)CC[C@@H]1NCCc2cc(O)c(O)cc21.